The van der Waals surface area contributed by atoms with Gasteiger partial charge in [-0.2, -0.15) is 0 Å². The van der Waals surface area contributed by atoms with Gasteiger partial charge < -0.3 is 0 Å². The van der Waals surface area contributed by atoms with Gasteiger partial charge in [-0.3, -0.25) is 4.90 Å². The summed E-state index contributed by atoms with van der Waals surface area (Å²) in [6, 6.07) is 7.06. The van der Waals surface area contributed by atoms with E-state index in [1.54, 1.807) is 18.5 Å². The first kappa shape index (κ1) is 14.8. The Morgan fingerprint density at radius 1 is 1.17 bits per heavy atom. The molecular weight excluding hydrogens is 289 g/mol. The van der Waals surface area contributed by atoms with E-state index in [4.69, 9.17) is 0 Å². The first-order chi connectivity index (χ1) is 11.2. The molecule has 23 heavy (non-hydrogen) atoms. The lowest BCUT2D eigenvalue weighted by Gasteiger charge is -2.43. The summed E-state index contributed by atoms with van der Waals surface area (Å²) in [7, 11) is 0. The Kier molecular flexibility index (Phi) is 3.85. The molecule has 0 unspecified atom stereocenters. The fourth-order valence-electron chi connectivity index (χ4n) is 4.09. The average molecular weight is 311 g/mol. The molecule has 2 heterocycles. The molecule has 4 heteroatoms. The van der Waals surface area contributed by atoms with Crippen LogP contribution in [-0.2, 0) is 0 Å². The van der Waals surface area contributed by atoms with E-state index in [2.05, 4.69) is 27.9 Å². The van der Waals surface area contributed by atoms with Gasteiger partial charge in [0.25, 0.3) is 0 Å². The molecule has 1 aromatic heterocycles. The van der Waals surface area contributed by atoms with Crippen molar-refractivity contribution in [1.82, 2.24) is 14.9 Å². The Balaban J connectivity index is 1.46. The number of aromatic nitrogens is 2. The lowest BCUT2D eigenvalue weighted by molar-refractivity contribution is 0.103. The molecule has 0 radical (unpaired) electrons. The summed E-state index contributed by atoms with van der Waals surface area (Å²) in [6.45, 7) is 3.57. The Hall–Kier alpha value is -1.81. The van der Waals surface area contributed by atoms with Crippen molar-refractivity contribution in [2.45, 2.75) is 50.6 Å². The standard InChI is InChI=1S/C19H22FN3/c1-13-3-2-6-23(13)17-7-15(8-17)14-4-5-18(19(20)9-14)16-10-21-12-22-11-16/h4-5,9-13,15,17H,2-3,6-8H2,1H3/t13-,15-,17-/m1/s1. The Morgan fingerprint density at radius 3 is 2.61 bits per heavy atom. The molecule has 1 aliphatic carbocycles. The van der Waals surface area contributed by atoms with Crippen molar-refractivity contribution in [3.8, 4) is 11.1 Å². The van der Waals surface area contributed by atoms with Gasteiger partial charge in [0.2, 0.25) is 0 Å². The second-order valence-electron chi connectivity index (χ2n) is 6.92. The maximum absolute atomic E-state index is 14.5. The normalized spacial score (nSPS) is 27.8. The monoisotopic (exact) mass is 311 g/mol. The molecule has 1 aliphatic heterocycles. The zero-order chi connectivity index (χ0) is 15.8. The number of benzene rings is 1. The zero-order valence-corrected chi connectivity index (χ0v) is 13.5. The minimum atomic E-state index is -0.171. The van der Waals surface area contributed by atoms with E-state index < -0.39 is 0 Å². The molecule has 1 atom stereocenters. The summed E-state index contributed by atoms with van der Waals surface area (Å²) in [6.07, 6.45) is 9.74. The number of likely N-dealkylation sites (tertiary alicyclic amines) is 1. The highest BCUT2D eigenvalue weighted by atomic mass is 19.1. The van der Waals surface area contributed by atoms with Gasteiger partial charge in [-0.25, -0.2) is 14.4 Å². The minimum Gasteiger partial charge on any atom is -0.298 e. The number of halogens is 1. The molecule has 0 N–H and O–H groups in total. The van der Waals surface area contributed by atoms with Gasteiger partial charge in [-0.15, -0.1) is 0 Å². The Morgan fingerprint density at radius 2 is 1.96 bits per heavy atom. The summed E-state index contributed by atoms with van der Waals surface area (Å²) in [5, 5.41) is 0. The van der Waals surface area contributed by atoms with E-state index in [0.29, 0.717) is 17.5 Å². The van der Waals surface area contributed by atoms with Crippen LogP contribution in [0.15, 0.2) is 36.9 Å². The molecule has 0 amide bonds. The fourth-order valence-corrected chi connectivity index (χ4v) is 4.09. The summed E-state index contributed by atoms with van der Waals surface area (Å²) in [5.74, 6) is 0.332. The van der Waals surface area contributed by atoms with Crippen molar-refractivity contribution < 1.29 is 4.39 Å². The molecular formula is C19H22FN3. The largest absolute Gasteiger partial charge is 0.298 e. The SMILES string of the molecule is C[C@@H]1CCCN1[C@H]1C[C@H](c2ccc(-c3cncnc3)c(F)c2)C1. The maximum atomic E-state index is 14.5. The van der Waals surface area contributed by atoms with E-state index in [1.807, 2.05) is 6.07 Å². The first-order valence-electron chi connectivity index (χ1n) is 8.53. The molecule has 2 aliphatic rings. The highest BCUT2D eigenvalue weighted by molar-refractivity contribution is 5.62. The van der Waals surface area contributed by atoms with Crippen LogP contribution in [0.3, 0.4) is 0 Å². The number of nitrogens with zero attached hydrogens (tertiary/aromatic N) is 3. The van der Waals surface area contributed by atoms with Gasteiger partial charge >= 0.3 is 0 Å². The third-order valence-electron chi connectivity index (χ3n) is 5.52. The smallest absolute Gasteiger partial charge is 0.131 e. The predicted molar refractivity (Wildman–Crippen MR) is 88.6 cm³/mol. The van der Waals surface area contributed by atoms with E-state index in [1.165, 1.54) is 25.7 Å². The van der Waals surface area contributed by atoms with Crippen LogP contribution in [-0.4, -0.2) is 33.5 Å². The molecule has 3 nitrogen and oxygen atoms in total. The Bertz CT molecular complexity index is 682. The molecule has 2 fully saturated rings. The van der Waals surface area contributed by atoms with Gasteiger partial charge in [0.05, 0.1) is 0 Å². The van der Waals surface area contributed by atoms with Crippen molar-refractivity contribution >= 4 is 0 Å². The lowest BCUT2D eigenvalue weighted by Crippen LogP contribution is -2.45. The summed E-state index contributed by atoms with van der Waals surface area (Å²) in [5.41, 5.74) is 2.44. The van der Waals surface area contributed by atoms with Crippen LogP contribution >= 0.6 is 0 Å². The predicted octanol–water partition coefficient (Wildman–Crippen LogP) is 4.01. The topological polar surface area (TPSA) is 29.0 Å². The van der Waals surface area contributed by atoms with Crippen molar-refractivity contribution in [1.29, 1.82) is 0 Å². The van der Waals surface area contributed by atoms with Crippen LogP contribution in [0.4, 0.5) is 4.39 Å². The molecule has 120 valence electrons. The van der Waals surface area contributed by atoms with Crippen LogP contribution in [0.1, 0.15) is 44.1 Å². The van der Waals surface area contributed by atoms with Crippen LogP contribution in [0.5, 0.6) is 0 Å². The fraction of sp³-hybridized carbons (Fsp3) is 0.474. The second kappa shape index (κ2) is 6.00. The summed E-state index contributed by atoms with van der Waals surface area (Å²) >= 11 is 0. The lowest BCUT2D eigenvalue weighted by atomic mass is 9.74. The Labute approximate surface area is 136 Å². The summed E-state index contributed by atoms with van der Waals surface area (Å²) < 4.78 is 14.5. The van der Waals surface area contributed by atoms with Crippen molar-refractivity contribution in [2.24, 2.45) is 0 Å². The van der Waals surface area contributed by atoms with Crippen LogP contribution in [0, 0.1) is 5.82 Å². The average Bonchev–Trinajstić information content (AvgIpc) is 2.93. The van der Waals surface area contributed by atoms with Crippen LogP contribution in [0.2, 0.25) is 0 Å². The van der Waals surface area contributed by atoms with Gasteiger partial charge in [0.1, 0.15) is 12.1 Å². The second-order valence-corrected chi connectivity index (χ2v) is 6.92. The van der Waals surface area contributed by atoms with E-state index in [9.17, 15) is 4.39 Å². The van der Waals surface area contributed by atoms with Crippen molar-refractivity contribution in [2.75, 3.05) is 6.54 Å². The van der Waals surface area contributed by atoms with Gasteiger partial charge in [0, 0.05) is 35.6 Å². The molecule has 1 saturated heterocycles. The first-order valence-corrected chi connectivity index (χ1v) is 8.53. The molecule has 0 spiro atoms. The number of rotatable bonds is 3. The van der Waals surface area contributed by atoms with E-state index in [-0.39, 0.29) is 5.82 Å². The van der Waals surface area contributed by atoms with E-state index >= 15 is 0 Å². The van der Waals surface area contributed by atoms with Gasteiger partial charge in [0.15, 0.2) is 0 Å². The maximum Gasteiger partial charge on any atom is 0.131 e. The summed E-state index contributed by atoms with van der Waals surface area (Å²) in [4.78, 5) is 10.6. The third kappa shape index (κ3) is 2.76. The molecule has 4 rings (SSSR count). The molecule has 0 bridgehead atoms. The molecule has 1 aromatic carbocycles. The minimum absolute atomic E-state index is 0.171. The third-order valence-corrected chi connectivity index (χ3v) is 5.52. The quantitative estimate of drug-likeness (QED) is 0.857. The van der Waals surface area contributed by atoms with Crippen molar-refractivity contribution in [3.63, 3.8) is 0 Å². The highest BCUT2D eigenvalue weighted by Crippen LogP contribution is 2.42. The van der Waals surface area contributed by atoms with Crippen LogP contribution in [0.25, 0.3) is 11.1 Å². The van der Waals surface area contributed by atoms with E-state index in [0.717, 1.165) is 30.0 Å². The van der Waals surface area contributed by atoms with Gasteiger partial charge in [-0.1, -0.05) is 12.1 Å². The number of hydrogen-bond acceptors (Lipinski definition) is 3. The highest BCUT2D eigenvalue weighted by Gasteiger charge is 2.38. The molecule has 2 aromatic rings. The zero-order valence-electron chi connectivity index (χ0n) is 13.5. The molecule has 1 saturated carbocycles. The van der Waals surface area contributed by atoms with Gasteiger partial charge in [-0.05, 0) is 56.7 Å². The van der Waals surface area contributed by atoms with Crippen LogP contribution < -0.4 is 0 Å². The van der Waals surface area contributed by atoms with Crippen molar-refractivity contribution in [3.05, 3.63) is 48.3 Å². The number of hydrogen-bond donors (Lipinski definition) is 0.